The normalized spacial score (nSPS) is 13.5. The largest absolute Gasteiger partial charge is 0.573 e. The zero-order valence-corrected chi connectivity index (χ0v) is 16.1. The summed E-state index contributed by atoms with van der Waals surface area (Å²) in [5.74, 6) is 0.0649. The first-order valence-electron chi connectivity index (χ1n) is 8.88. The van der Waals surface area contributed by atoms with Gasteiger partial charge in [0.15, 0.2) is 0 Å². The molecule has 4 rings (SSSR count). The van der Waals surface area contributed by atoms with Gasteiger partial charge in [0.25, 0.3) is 11.5 Å². The van der Waals surface area contributed by atoms with Crippen molar-refractivity contribution in [2.45, 2.75) is 39.2 Å². The number of aryl methyl sites for hydroxylation is 2. The third-order valence-electron chi connectivity index (χ3n) is 4.73. The van der Waals surface area contributed by atoms with E-state index >= 15 is 0 Å². The Labute approximate surface area is 166 Å². The molecule has 1 aliphatic rings. The van der Waals surface area contributed by atoms with Gasteiger partial charge in [-0.3, -0.25) is 14.2 Å². The zero-order valence-electron chi connectivity index (χ0n) is 15.3. The summed E-state index contributed by atoms with van der Waals surface area (Å²) in [5, 5.41) is 3.20. The standard InChI is InChI=1S/C19H16F3N3O3S/c1-10-14-17(24-13-3-2-8-25(13)18(14)27)29-15(10)16(26)23-9-11-4-6-12(7-5-11)28-19(20,21)22/h4-7H,2-3,8-9H2,1H3,(H,23,26). The number of rotatable bonds is 4. The van der Waals surface area contributed by atoms with Crippen molar-refractivity contribution >= 4 is 27.5 Å². The van der Waals surface area contributed by atoms with Gasteiger partial charge in [0, 0.05) is 19.5 Å². The molecule has 152 valence electrons. The lowest BCUT2D eigenvalue weighted by atomic mass is 10.2. The highest BCUT2D eigenvalue weighted by molar-refractivity contribution is 7.20. The third-order valence-corrected chi connectivity index (χ3v) is 5.91. The second-order valence-electron chi connectivity index (χ2n) is 6.70. The molecule has 0 fully saturated rings. The van der Waals surface area contributed by atoms with Gasteiger partial charge in [-0.05, 0) is 36.6 Å². The summed E-state index contributed by atoms with van der Waals surface area (Å²) in [6.07, 6.45) is -3.11. The number of nitrogens with zero attached hydrogens (tertiary/aromatic N) is 2. The van der Waals surface area contributed by atoms with Gasteiger partial charge in [0.1, 0.15) is 16.4 Å². The van der Waals surface area contributed by atoms with Crippen LogP contribution in [0, 0.1) is 6.92 Å². The molecule has 10 heteroatoms. The Hall–Kier alpha value is -2.88. The molecule has 3 aromatic rings. The Kier molecular flexibility index (Phi) is 4.81. The van der Waals surface area contributed by atoms with Gasteiger partial charge in [0.2, 0.25) is 0 Å². The van der Waals surface area contributed by atoms with Crippen LogP contribution in [0.5, 0.6) is 5.75 Å². The van der Waals surface area contributed by atoms with Crippen molar-refractivity contribution in [3.8, 4) is 5.75 Å². The summed E-state index contributed by atoms with van der Waals surface area (Å²) in [6.45, 7) is 2.49. The van der Waals surface area contributed by atoms with E-state index in [1.54, 1.807) is 11.5 Å². The third kappa shape index (κ3) is 3.84. The van der Waals surface area contributed by atoms with Crippen LogP contribution in [0.3, 0.4) is 0 Å². The summed E-state index contributed by atoms with van der Waals surface area (Å²) in [7, 11) is 0. The Morgan fingerprint density at radius 3 is 2.72 bits per heavy atom. The van der Waals surface area contributed by atoms with Crippen molar-refractivity contribution < 1.29 is 22.7 Å². The number of alkyl halides is 3. The number of halogens is 3. The number of fused-ring (bicyclic) bond motifs is 2. The zero-order chi connectivity index (χ0) is 20.8. The molecule has 0 bridgehead atoms. The van der Waals surface area contributed by atoms with Crippen LogP contribution in [0.25, 0.3) is 10.2 Å². The van der Waals surface area contributed by atoms with Crippen LogP contribution in [0.1, 0.15) is 33.0 Å². The van der Waals surface area contributed by atoms with E-state index in [1.165, 1.54) is 35.6 Å². The molecule has 0 unspecified atom stereocenters. The summed E-state index contributed by atoms with van der Waals surface area (Å²) in [5.41, 5.74) is 1.09. The highest BCUT2D eigenvalue weighted by atomic mass is 32.1. The number of carbonyl (C=O) groups excluding carboxylic acids is 1. The molecule has 3 heterocycles. The lowest BCUT2D eigenvalue weighted by Gasteiger charge is -2.09. The van der Waals surface area contributed by atoms with Gasteiger partial charge in [-0.15, -0.1) is 24.5 Å². The molecular weight excluding hydrogens is 407 g/mol. The van der Waals surface area contributed by atoms with Gasteiger partial charge in [0.05, 0.1) is 10.3 Å². The van der Waals surface area contributed by atoms with Gasteiger partial charge in [-0.2, -0.15) is 0 Å². The molecule has 0 saturated heterocycles. The summed E-state index contributed by atoms with van der Waals surface area (Å²) in [4.78, 5) is 30.8. The van der Waals surface area contributed by atoms with E-state index in [4.69, 9.17) is 0 Å². The van der Waals surface area contributed by atoms with Crippen LogP contribution in [-0.4, -0.2) is 21.8 Å². The van der Waals surface area contributed by atoms with E-state index in [9.17, 15) is 22.8 Å². The monoisotopic (exact) mass is 423 g/mol. The van der Waals surface area contributed by atoms with E-state index in [-0.39, 0.29) is 23.8 Å². The highest BCUT2D eigenvalue weighted by Gasteiger charge is 2.31. The van der Waals surface area contributed by atoms with E-state index in [1.807, 2.05) is 0 Å². The molecule has 0 aliphatic carbocycles. The predicted octanol–water partition coefficient (Wildman–Crippen LogP) is 3.54. The van der Waals surface area contributed by atoms with Crippen LogP contribution in [0.2, 0.25) is 0 Å². The SMILES string of the molecule is Cc1c(C(=O)NCc2ccc(OC(F)(F)F)cc2)sc2nc3n(c(=O)c12)CCC3. The maximum absolute atomic E-state index is 12.7. The minimum absolute atomic E-state index is 0.115. The van der Waals surface area contributed by atoms with Gasteiger partial charge >= 0.3 is 6.36 Å². The first-order valence-corrected chi connectivity index (χ1v) is 9.70. The van der Waals surface area contributed by atoms with Crippen LogP contribution in [0.15, 0.2) is 29.1 Å². The number of thiophene rings is 1. The number of ether oxygens (including phenoxy) is 1. The highest BCUT2D eigenvalue weighted by Crippen LogP contribution is 2.28. The van der Waals surface area contributed by atoms with E-state index in [0.717, 1.165) is 18.7 Å². The second kappa shape index (κ2) is 7.18. The fourth-order valence-electron chi connectivity index (χ4n) is 3.36. The molecule has 0 spiro atoms. The molecule has 1 aliphatic heterocycles. The summed E-state index contributed by atoms with van der Waals surface area (Å²) >= 11 is 1.17. The molecule has 6 nitrogen and oxygen atoms in total. The maximum Gasteiger partial charge on any atom is 0.573 e. The maximum atomic E-state index is 12.7. The molecule has 29 heavy (non-hydrogen) atoms. The second-order valence-corrected chi connectivity index (χ2v) is 7.70. The number of aromatic nitrogens is 2. The molecule has 1 amide bonds. The Balaban J connectivity index is 1.50. The average Bonchev–Trinajstić information content (AvgIpc) is 3.25. The van der Waals surface area contributed by atoms with Crippen LogP contribution in [0.4, 0.5) is 13.2 Å². The number of nitrogens with one attached hydrogen (secondary N) is 1. The lowest BCUT2D eigenvalue weighted by Crippen LogP contribution is -2.23. The van der Waals surface area contributed by atoms with Gasteiger partial charge in [-0.25, -0.2) is 4.98 Å². The summed E-state index contributed by atoms with van der Waals surface area (Å²) < 4.78 is 42.1. The number of hydrogen-bond donors (Lipinski definition) is 1. The van der Waals surface area contributed by atoms with E-state index < -0.39 is 6.36 Å². The van der Waals surface area contributed by atoms with Crippen molar-refractivity contribution in [1.82, 2.24) is 14.9 Å². The fraction of sp³-hybridized carbons (Fsp3) is 0.316. The smallest absolute Gasteiger partial charge is 0.406 e. The topological polar surface area (TPSA) is 73.2 Å². The molecule has 0 atom stereocenters. The molecule has 0 saturated carbocycles. The Morgan fingerprint density at radius 1 is 1.31 bits per heavy atom. The molecule has 0 radical (unpaired) electrons. The van der Waals surface area contributed by atoms with Crippen LogP contribution >= 0.6 is 11.3 Å². The first kappa shape index (κ1) is 19.4. The van der Waals surface area contributed by atoms with Crippen molar-refractivity contribution in [3.05, 3.63) is 56.4 Å². The van der Waals surface area contributed by atoms with E-state index in [2.05, 4.69) is 15.0 Å². The Morgan fingerprint density at radius 2 is 2.03 bits per heavy atom. The minimum Gasteiger partial charge on any atom is -0.406 e. The average molecular weight is 423 g/mol. The number of hydrogen-bond acceptors (Lipinski definition) is 5. The molecule has 2 aromatic heterocycles. The molecular formula is C19H16F3N3O3S. The lowest BCUT2D eigenvalue weighted by molar-refractivity contribution is -0.274. The fourth-order valence-corrected chi connectivity index (χ4v) is 4.47. The number of benzene rings is 1. The number of amides is 1. The van der Waals surface area contributed by atoms with Gasteiger partial charge in [-0.1, -0.05) is 12.1 Å². The van der Waals surface area contributed by atoms with Crippen LogP contribution < -0.4 is 15.6 Å². The predicted molar refractivity (Wildman–Crippen MR) is 101 cm³/mol. The molecule has 1 aromatic carbocycles. The Bertz CT molecular complexity index is 1150. The van der Waals surface area contributed by atoms with Crippen molar-refractivity contribution in [1.29, 1.82) is 0 Å². The van der Waals surface area contributed by atoms with Crippen molar-refractivity contribution in [2.24, 2.45) is 0 Å². The number of carbonyl (C=O) groups is 1. The van der Waals surface area contributed by atoms with Gasteiger partial charge < -0.3 is 10.1 Å². The van der Waals surface area contributed by atoms with E-state index in [0.29, 0.717) is 32.8 Å². The van der Waals surface area contributed by atoms with Crippen molar-refractivity contribution in [2.75, 3.05) is 0 Å². The first-order chi connectivity index (χ1) is 13.7. The summed E-state index contributed by atoms with van der Waals surface area (Å²) in [6, 6.07) is 5.26. The van der Waals surface area contributed by atoms with Crippen LogP contribution in [-0.2, 0) is 19.5 Å². The van der Waals surface area contributed by atoms with Crippen molar-refractivity contribution in [3.63, 3.8) is 0 Å². The molecule has 1 N–H and O–H groups in total. The quantitative estimate of drug-likeness (QED) is 0.697. The minimum atomic E-state index is -4.75.